The number of esters is 1. The molecule has 2 aliphatic heterocycles. The van der Waals surface area contributed by atoms with E-state index in [1.807, 2.05) is 6.92 Å². The van der Waals surface area contributed by atoms with Gasteiger partial charge in [-0.15, -0.1) is 0 Å². The van der Waals surface area contributed by atoms with E-state index in [4.69, 9.17) is 14.2 Å². The van der Waals surface area contributed by atoms with Gasteiger partial charge in [0, 0.05) is 19.3 Å². The van der Waals surface area contributed by atoms with Gasteiger partial charge in [-0.1, -0.05) is 20.8 Å². The topological polar surface area (TPSA) is 105 Å². The minimum Gasteiger partial charge on any atom is -0.460 e. The molecule has 6 rings (SSSR count). The van der Waals surface area contributed by atoms with Crippen molar-refractivity contribution in [2.45, 2.75) is 135 Å². The first-order chi connectivity index (χ1) is 17.1. The molecule has 3 N–H and O–H groups in total. The maximum atomic E-state index is 12.2. The van der Waals surface area contributed by atoms with Gasteiger partial charge in [-0.05, 0) is 99.7 Å². The van der Waals surface area contributed by atoms with E-state index in [9.17, 15) is 20.1 Å². The van der Waals surface area contributed by atoms with Crippen molar-refractivity contribution < 1.29 is 34.3 Å². The SMILES string of the molecule is CC(=O)O[C@H]1CC2CCC3C4C[C@@H]5OC6(C[C@H](C)C(C)(C)O6)C(C)(O)C5[C@@]4(C)CC(O)C3[C@@]2(C)C[C@H]1O. The third kappa shape index (κ3) is 3.39. The quantitative estimate of drug-likeness (QED) is 0.452. The average molecular weight is 521 g/mol. The third-order valence-corrected chi connectivity index (χ3v) is 12.8. The second-order valence-corrected chi connectivity index (χ2v) is 15.1. The normalized spacial score (nSPS) is 59.9. The summed E-state index contributed by atoms with van der Waals surface area (Å²) < 4.78 is 18.8. The summed E-state index contributed by atoms with van der Waals surface area (Å²) in [6.45, 7) is 14.2. The third-order valence-electron chi connectivity index (χ3n) is 12.8. The summed E-state index contributed by atoms with van der Waals surface area (Å²) in [5, 5.41) is 35.1. The van der Waals surface area contributed by atoms with Gasteiger partial charge < -0.3 is 29.5 Å². The zero-order valence-corrected chi connectivity index (χ0v) is 23.7. The molecule has 0 aromatic rings. The molecule has 0 amide bonds. The molecule has 0 radical (unpaired) electrons. The Hall–Kier alpha value is -0.730. The second kappa shape index (κ2) is 7.93. The van der Waals surface area contributed by atoms with Gasteiger partial charge in [0.2, 0.25) is 0 Å². The lowest BCUT2D eigenvalue weighted by molar-refractivity contribution is -0.300. The standard InChI is InChI=1S/C30H48O7/c1-15-12-30(37-26(15,3)4)29(7,34)25-23(36-30)11-19-18-9-8-17-10-22(35-16(2)31)20(32)13-27(17,5)24(18)21(33)14-28(19,25)6/h15,17-25,32-34H,8-14H2,1-7H3/t15-,17?,18?,19?,20+,21?,22-,23-,24?,25?,27-,28-,29?,30?/m0/s1. The molecule has 1 spiro atoms. The van der Waals surface area contributed by atoms with Gasteiger partial charge in [0.1, 0.15) is 11.7 Å². The van der Waals surface area contributed by atoms with Crippen LogP contribution in [0, 0.1) is 46.3 Å². The Morgan fingerprint density at radius 1 is 0.946 bits per heavy atom. The predicted molar refractivity (Wildman–Crippen MR) is 136 cm³/mol. The van der Waals surface area contributed by atoms with E-state index in [0.717, 1.165) is 19.3 Å². The Kier molecular flexibility index (Phi) is 5.68. The molecule has 0 aromatic carbocycles. The Bertz CT molecular complexity index is 964. The van der Waals surface area contributed by atoms with Crippen LogP contribution in [0.4, 0.5) is 0 Å². The summed E-state index contributed by atoms with van der Waals surface area (Å²) in [5.74, 6) is -0.133. The van der Waals surface area contributed by atoms with Crippen LogP contribution in [0.1, 0.15) is 93.4 Å². The highest BCUT2D eigenvalue weighted by Crippen LogP contribution is 2.72. The van der Waals surface area contributed by atoms with Gasteiger partial charge in [-0.25, -0.2) is 0 Å². The first-order valence-corrected chi connectivity index (χ1v) is 14.7. The van der Waals surface area contributed by atoms with Crippen LogP contribution in [-0.4, -0.2) is 62.7 Å². The van der Waals surface area contributed by atoms with Crippen molar-refractivity contribution in [1.29, 1.82) is 0 Å². The lowest BCUT2D eigenvalue weighted by Gasteiger charge is -2.63. The fraction of sp³-hybridized carbons (Fsp3) is 0.967. The summed E-state index contributed by atoms with van der Waals surface area (Å²) >= 11 is 0. The van der Waals surface area contributed by atoms with Crippen LogP contribution in [-0.2, 0) is 19.0 Å². The maximum absolute atomic E-state index is 12.2. The van der Waals surface area contributed by atoms with Gasteiger partial charge in [0.25, 0.3) is 0 Å². The molecule has 0 aromatic heterocycles. The van der Waals surface area contributed by atoms with E-state index in [2.05, 4.69) is 34.6 Å². The molecule has 37 heavy (non-hydrogen) atoms. The molecule has 7 nitrogen and oxygen atoms in total. The van der Waals surface area contributed by atoms with Crippen molar-refractivity contribution in [1.82, 2.24) is 0 Å². The summed E-state index contributed by atoms with van der Waals surface area (Å²) in [6.07, 6.45) is 3.64. The lowest BCUT2D eigenvalue weighted by atomic mass is 9.43. The number of carbonyl (C=O) groups is 1. The molecule has 14 atom stereocenters. The number of hydrogen-bond donors (Lipinski definition) is 3. The Labute approximate surface area is 221 Å². The molecule has 210 valence electrons. The van der Waals surface area contributed by atoms with E-state index in [0.29, 0.717) is 43.4 Å². The molecule has 2 saturated heterocycles. The van der Waals surface area contributed by atoms with Crippen molar-refractivity contribution >= 4 is 5.97 Å². The molecular formula is C30H48O7. The number of ether oxygens (including phenoxy) is 3. The molecule has 8 unspecified atom stereocenters. The largest absolute Gasteiger partial charge is 0.460 e. The van der Waals surface area contributed by atoms with E-state index >= 15 is 0 Å². The van der Waals surface area contributed by atoms with Crippen LogP contribution in [0.2, 0.25) is 0 Å². The van der Waals surface area contributed by atoms with Crippen LogP contribution in [0.3, 0.4) is 0 Å². The van der Waals surface area contributed by atoms with Crippen LogP contribution in [0.5, 0.6) is 0 Å². The summed E-state index contributed by atoms with van der Waals surface area (Å²) in [4.78, 5) is 11.6. The minimum absolute atomic E-state index is 0.0803. The minimum atomic E-state index is -1.14. The monoisotopic (exact) mass is 520 g/mol. The van der Waals surface area contributed by atoms with Crippen molar-refractivity contribution in [3.05, 3.63) is 0 Å². The van der Waals surface area contributed by atoms with E-state index < -0.39 is 29.7 Å². The van der Waals surface area contributed by atoms with Gasteiger partial charge in [0.15, 0.2) is 5.79 Å². The summed E-state index contributed by atoms with van der Waals surface area (Å²) in [5.41, 5.74) is -1.97. The van der Waals surface area contributed by atoms with E-state index in [-0.39, 0.29) is 46.3 Å². The molecule has 0 bridgehead atoms. The Morgan fingerprint density at radius 3 is 2.24 bits per heavy atom. The van der Waals surface area contributed by atoms with Gasteiger partial charge in [-0.2, -0.15) is 0 Å². The average Bonchev–Trinajstić information content (AvgIpc) is 3.25. The van der Waals surface area contributed by atoms with Crippen LogP contribution >= 0.6 is 0 Å². The first-order valence-electron chi connectivity index (χ1n) is 14.7. The number of rotatable bonds is 1. The highest BCUT2D eigenvalue weighted by atomic mass is 16.7. The zero-order valence-electron chi connectivity index (χ0n) is 23.7. The Balaban J connectivity index is 1.29. The molecular weight excluding hydrogens is 472 g/mol. The van der Waals surface area contributed by atoms with E-state index in [1.54, 1.807) is 0 Å². The molecule has 4 aliphatic carbocycles. The van der Waals surface area contributed by atoms with Crippen molar-refractivity contribution in [2.75, 3.05) is 0 Å². The summed E-state index contributed by atoms with van der Waals surface area (Å²) in [6, 6.07) is 0. The molecule has 6 aliphatic rings. The van der Waals surface area contributed by atoms with Gasteiger partial charge in [-0.3, -0.25) is 4.79 Å². The van der Waals surface area contributed by atoms with Crippen LogP contribution in [0.15, 0.2) is 0 Å². The van der Waals surface area contributed by atoms with E-state index in [1.165, 1.54) is 6.92 Å². The van der Waals surface area contributed by atoms with Crippen LogP contribution in [0.25, 0.3) is 0 Å². The summed E-state index contributed by atoms with van der Waals surface area (Å²) in [7, 11) is 0. The van der Waals surface area contributed by atoms with Crippen molar-refractivity contribution in [2.24, 2.45) is 46.3 Å². The van der Waals surface area contributed by atoms with Crippen molar-refractivity contribution in [3.8, 4) is 0 Å². The predicted octanol–water partition coefficient (Wildman–Crippen LogP) is 3.81. The highest BCUT2D eigenvalue weighted by molar-refractivity contribution is 5.66. The lowest BCUT2D eigenvalue weighted by Crippen LogP contribution is -2.63. The molecule has 7 heteroatoms. The maximum Gasteiger partial charge on any atom is 0.302 e. The highest BCUT2D eigenvalue weighted by Gasteiger charge is 2.77. The molecule has 6 fully saturated rings. The number of carbonyl (C=O) groups excluding carboxylic acids is 1. The molecule has 2 heterocycles. The molecule has 4 saturated carbocycles. The van der Waals surface area contributed by atoms with Crippen LogP contribution < -0.4 is 0 Å². The number of hydrogen-bond acceptors (Lipinski definition) is 7. The zero-order chi connectivity index (χ0) is 26.9. The van der Waals surface area contributed by atoms with Gasteiger partial charge in [0.05, 0.1) is 23.9 Å². The second-order valence-electron chi connectivity index (χ2n) is 15.1. The number of aliphatic hydroxyl groups is 3. The Morgan fingerprint density at radius 2 is 1.62 bits per heavy atom. The van der Waals surface area contributed by atoms with Gasteiger partial charge >= 0.3 is 5.97 Å². The number of aliphatic hydroxyl groups excluding tert-OH is 2. The van der Waals surface area contributed by atoms with Crippen molar-refractivity contribution in [3.63, 3.8) is 0 Å². The fourth-order valence-electron chi connectivity index (χ4n) is 11.0. The smallest absolute Gasteiger partial charge is 0.302 e. The number of fused-ring (bicyclic) bond motifs is 7. The first kappa shape index (κ1) is 26.5. The fourth-order valence-corrected chi connectivity index (χ4v) is 11.0.